The van der Waals surface area contributed by atoms with E-state index in [1.165, 1.54) is 0 Å². The number of unbranched alkanes of at least 4 members (excludes halogenated alkanes) is 1. The third kappa shape index (κ3) is 7.33. The molecule has 0 atom stereocenters. The second-order valence-corrected chi connectivity index (χ2v) is 3.87. The molecule has 0 aliphatic rings. The van der Waals surface area contributed by atoms with Crippen molar-refractivity contribution in [3.8, 4) is 0 Å². The zero-order valence-corrected chi connectivity index (χ0v) is 10.2. The minimum Gasteiger partial charge on any atom is -0.465 e. The number of hydrogen-bond donors (Lipinski definition) is 1. The smallest absolute Gasteiger partial charge is 0.320 e. The molecule has 2 N–H and O–H groups in total. The number of hydrogen-bond acceptors (Lipinski definition) is 4. The van der Waals surface area contributed by atoms with E-state index in [0.29, 0.717) is 25.7 Å². The molecule has 0 aromatic rings. The largest absolute Gasteiger partial charge is 0.465 e. The first kappa shape index (κ1) is 14.4. The van der Waals surface area contributed by atoms with Gasteiger partial charge in [-0.05, 0) is 46.7 Å². The van der Waals surface area contributed by atoms with Crippen molar-refractivity contribution in [3.05, 3.63) is 0 Å². The highest BCUT2D eigenvalue weighted by molar-refractivity contribution is 5.71. The van der Waals surface area contributed by atoms with Crippen molar-refractivity contribution in [2.45, 2.75) is 39.7 Å². The summed E-state index contributed by atoms with van der Waals surface area (Å²) < 4.78 is 4.92. The van der Waals surface area contributed by atoms with Gasteiger partial charge in [0.25, 0.3) is 0 Å². The van der Waals surface area contributed by atoms with Gasteiger partial charge >= 0.3 is 5.97 Å². The Morgan fingerprint density at radius 3 is 2.53 bits per heavy atom. The minimum atomic E-state index is -0.140. The second-order valence-electron chi connectivity index (χ2n) is 3.87. The van der Waals surface area contributed by atoms with Crippen LogP contribution in [0.3, 0.4) is 0 Å². The van der Waals surface area contributed by atoms with Gasteiger partial charge < -0.3 is 10.5 Å². The standard InChI is InChI=1S/C11H24N2O2/c1-4-15-11(14)9-13(10(2)3)8-6-5-7-12/h10H,4-9,12H2,1-3H3. The zero-order chi connectivity index (χ0) is 11.7. The molecule has 0 radical (unpaired) electrons. The molecule has 0 aliphatic carbocycles. The summed E-state index contributed by atoms with van der Waals surface area (Å²) in [5, 5.41) is 0. The predicted molar refractivity (Wildman–Crippen MR) is 61.6 cm³/mol. The van der Waals surface area contributed by atoms with Gasteiger partial charge in [-0.1, -0.05) is 0 Å². The summed E-state index contributed by atoms with van der Waals surface area (Å²) in [6, 6.07) is 0.368. The maximum atomic E-state index is 11.3. The van der Waals surface area contributed by atoms with E-state index in [9.17, 15) is 4.79 Å². The van der Waals surface area contributed by atoms with Crippen molar-refractivity contribution < 1.29 is 9.53 Å². The summed E-state index contributed by atoms with van der Waals surface area (Å²) in [5.41, 5.74) is 5.43. The Labute approximate surface area is 92.8 Å². The molecule has 0 fully saturated rings. The number of ether oxygens (including phenoxy) is 1. The quantitative estimate of drug-likeness (QED) is 0.486. The fraction of sp³-hybridized carbons (Fsp3) is 0.909. The topological polar surface area (TPSA) is 55.6 Å². The van der Waals surface area contributed by atoms with E-state index >= 15 is 0 Å². The van der Waals surface area contributed by atoms with Crippen LogP contribution in [0.2, 0.25) is 0 Å². The van der Waals surface area contributed by atoms with Crippen LogP contribution < -0.4 is 5.73 Å². The highest BCUT2D eigenvalue weighted by atomic mass is 16.5. The van der Waals surface area contributed by atoms with Crippen molar-refractivity contribution in [3.63, 3.8) is 0 Å². The third-order valence-electron chi connectivity index (χ3n) is 2.27. The molecule has 0 aromatic carbocycles. The van der Waals surface area contributed by atoms with Crippen LogP contribution in [0.15, 0.2) is 0 Å². The lowest BCUT2D eigenvalue weighted by atomic mass is 10.2. The van der Waals surface area contributed by atoms with Crippen LogP contribution in [0.1, 0.15) is 33.6 Å². The Balaban J connectivity index is 3.87. The van der Waals surface area contributed by atoms with Crippen molar-refractivity contribution >= 4 is 5.97 Å². The number of rotatable bonds is 8. The third-order valence-corrected chi connectivity index (χ3v) is 2.27. The lowest BCUT2D eigenvalue weighted by Crippen LogP contribution is -2.37. The number of carbonyl (C=O) groups excluding carboxylic acids is 1. The molecule has 0 aromatic heterocycles. The van der Waals surface area contributed by atoms with E-state index in [-0.39, 0.29) is 5.97 Å². The molecular formula is C11H24N2O2. The number of nitrogens with two attached hydrogens (primary N) is 1. The van der Waals surface area contributed by atoms with Crippen molar-refractivity contribution in [2.24, 2.45) is 5.73 Å². The Morgan fingerprint density at radius 2 is 2.07 bits per heavy atom. The molecule has 0 bridgehead atoms. The highest BCUT2D eigenvalue weighted by Gasteiger charge is 2.13. The van der Waals surface area contributed by atoms with E-state index in [1.54, 1.807) is 0 Å². The lowest BCUT2D eigenvalue weighted by molar-refractivity contribution is -0.144. The summed E-state index contributed by atoms with van der Waals surface area (Å²) in [6.45, 7) is 8.46. The molecule has 0 heterocycles. The average Bonchev–Trinajstić information content (AvgIpc) is 2.16. The SMILES string of the molecule is CCOC(=O)CN(CCCCN)C(C)C. The molecule has 0 saturated carbocycles. The first-order valence-electron chi connectivity index (χ1n) is 5.71. The molecule has 0 amide bonds. The normalized spacial score (nSPS) is 11.1. The van der Waals surface area contributed by atoms with Crippen LogP contribution in [0.4, 0.5) is 0 Å². The van der Waals surface area contributed by atoms with Crippen LogP contribution in [-0.2, 0) is 9.53 Å². The molecule has 4 nitrogen and oxygen atoms in total. The monoisotopic (exact) mass is 216 g/mol. The van der Waals surface area contributed by atoms with E-state index < -0.39 is 0 Å². The van der Waals surface area contributed by atoms with Gasteiger partial charge in [0, 0.05) is 6.04 Å². The van der Waals surface area contributed by atoms with Gasteiger partial charge in [0.2, 0.25) is 0 Å². The van der Waals surface area contributed by atoms with E-state index in [4.69, 9.17) is 10.5 Å². The molecule has 0 unspecified atom stereocenters. The van der Waals surface area contributed by atoms with Crippen LogP contribution in [0.25, 0.3) is 0 Å². The summed E-state index contributed by atoms with van der Waals surface area (Å²) >= 11 is 0. The fourth-order valence-corrected chi connectivity index (χ4v) is 1.35. The summed E-state index contributed by atoms with van der Waals surface area (Å²) in [4.78, 5) is 13.4. The number of esters is 1. The minimum absolute atomic E-state index is 0.140. The second kappa shape index (κ2) is 8.68. The molecule has 0 aliphatic heterocycles. The number of nitrogens with zero attached hydrogens (tertiary/aromatic N) is 1. The molecule has 15 heavy (non-hydrogen) atoms. The predicted octanol–water partition coefficient (Wildman–Crippen LogP) is 0.999. The molecule has 4 heteroatoms. The molecular weight excluding hydrogens is 192 g/mol. The molecule has 90 valence electrons. The summed E-state index contributed by atoms with van der Waals surface area (Å²) in [7, 11) is 0. The highest BCUT2D eigenvalue weighted by Crippen LogP contribution is 2.01. The van der Waals surface area contributed by atoms with Crippen molar-refractivity contribution in [1.82, 2.24) is 4.90 Å². The zero-order valence-electron chi connectivity index (χ0n) is 10.2. The van der Waals surface area contributed by atoms with Crippen LogP contribution >= 0.6 is 0 Å². The average molecular weight is 216 g/mol. The maximum absolute atomic E-state index is 11.3. The van der Waals surface area contributed by atoms with E-state index in [2.05, 4.69) is 18.7 Å². The number of carbonyl (C=O) groups is 1. The van der Waals surface area contributed by atoms with Gasteiger partial charge in [-0.3, -0.25) is 9.69 Å². The van der Waals surface area contributed by atoms with Gasteiger partial charge in [0.1, 0.15) is 0 Å². The Hall–Kier alpha value is -0.610. The Bertz CT molecular complexity index is 172. The first-order valence-corrected chi connectivity index (χ1v) is 5.71. The van der Waals surface area contributed by atoms with E-state index in [0.717, 1.165) is 19.4 Å². The first-order chi connectivity index (χ1) is 7.11. The van der Waals surface area contributed by atoms with Gasteiger partial charge in [0.15, 0.2) is 0 Å². The summed E-state index contributed by atoms with van der Waals surface area (Å²) in [6.07, 6.45) is 2.04. The molecule has 0 rings (SSSR count). The molecule has 0 saturated heterocycles. The summed E-state index contributed by atoms with van der Waals surface area (Å²) in [5.74, 6) is -0.140. The van der Waals surface area contributed by atoms with E-state index in [1.807, 2.05) is 6.92 Å². The van der Waals surface area contributed by atoms with Gasteiger partial charge in [-0.2, -0.15) is 0 Å². The van der Waals surface area contributed by atoms with Gasteiger partial charge in [-0.25, -0.2) is 0 Å². The van der Waals surface area contributed by atoms with Gasteiger partial charge in [0.05, 0.1) is 13.2 Å². The van der Waals surface area contributed by atoms with Gasteiger partial charge in [-0.15, -0.1) is 0 Å². The van der Waals surface area contributed by atoms with Crippen LogP contribution in [-0.4, -0.2) is 43.2 Å². The molecule has 0 spiro atoms. The van der Waals surface area contributed by atoms with Crippen molar-refractivity contribution in [1.29, 1.82) is 0 Å². The Kier molecular flexibility index (Phi) is 8.33. The fourth-order valence-electron chi connectivity index (χ4n) is 1.35. The Morgan fingerprint density at radius 1 is 1.40 bits per heavy atom. The maximum Gasteiger partial charge on any atom is 0.320 e. The lowest BCUT2D eigenvalue weighted by Gasteiger charge is -2.25. The van der Waals surface area contributed by atoms with Crippen LogP contribution in [0, 0.1) is 0 Å². The van der Waals surface area contributed by atoms with Crippen LogP contribution in [0.5, 0.6) is 0 Å². The van der Waals surface area contributed by atoms with Crippen molar-refractivity contribution in [2.75, 3.05) is 26.2 Å².